The Morgan fingerprint density at radius 3 is 2.88 bits per heavy atom. The number of aromatic nitrogens is 2. The van der Waals surface area contributed by atoms with Gasteiger partial charge in [-0.25, -0.2) is 0 Å². The summed E-state index contributed by atoms with van der Waals surface area (Å²) in [5, 5.41) is 6.97. The molecule has 5 heteroatoms. The van der Waals surface area contributed by atoms with E-state index in [0.29, 0.717) is 12.1 Å². The van der Waals surface area contributed by atoms with Crippen molar-refractivity contribution < 1.29 is 4.79 Å². The first-order valence-corrected chi connectivity index (χ1v) is 5.58. The summed E-state index contributed by atoms with van der Waals surface area (Å²) in [6.45, 7) is 4.48. The number of nitrogens with one attached hydrogen (secondary N) is 1. The van der Waals surface area contributed by atoms with Gasteiger partial charge in [0, 0.05) is 25.8 Å². The summed E-state index contributed by atoms with van der Waals surface area (Å²) in [5.41, 5.74) is 7.15. The van der Waals surface area contributed by atoms with Crippen LogP contribution in [-0.4, -0.2) is 28.3 Å². The fourth-order valence-corrected chi connectivity index (χ4v) is 1.49. The van der Waals surface area contributed by atoms with Crippen molar-refractivity contribution in [3.8, 4) is 0 Å². The molecule has 0 saturated carbocycles. The molecule has 1 unspecified atom stereocenters. The van der Waals surface area contributed by atoms with Crippen LogP contribution in [0.25, 0.3) is 0 Å². The Morgan fingerprint density at radius 1 is 1.69 bits per heavy atom. The second-order valence-electron chi connectivity index (χ2n) is 4.01. The maximum absolute atomic E-state index is 11.7. The van der Waals surface area contributed by atoms with Crippen LogP contribution in [0.5, 0.6) is 0 Å². The molecule has 1 amide bonds. The van der Waals surface area contributed by atoms with Crippen molar-refractivity contribution in [3.05, 3.63) is 17.5 Å². The highest BCUT2D eigenvalue weighted by molar-refractivity contribution is 5.94. The zero-order chi connectivity index (χ0) is 12.1. The van der Waals surface area contributed by atoms with E-state index in [9.17, 15) is 4.79 Å². The lowest BCUT2D eigenvalue weighted by Gasteiger charge is -2.09. The molecular formula is C11H20N4O. The largest absolute Gasteiger partial charge is 0.352 e. The van der Waals surface area contributed by atoms with E-state index in [1.165, 1.54) is 0 Å². The molecule has 90 valence electrons. The molecule has 0 saturated heterocycles. The lowest BCUT2D eigenvalue weighted by Crippen LogP contribution is -2.30. The molecule has 16 heavy (non-hydrogen) atoms. The third kappa shape index (κ3) is 3.34. The van der Waals surface area contributed by atoms with Crippen LogP contribution in [0.1, 0.15) is 35.8 Å². The van der Waals surface area contributed by atoms with E-state index in [1.807, 2.05) is 13.8 Å². The second-order valence-corrected chi connectivity index (χ2v) is 4.01. The zero-order valence-electron chi connectivity index (χ0n) is 10.2. The van der Waals surface area contributed by atoms with Crippen molar-refractivity contribution in [2.45, 2.75) is 32.7 Å². The van der Waals surface area contributed by atoms with Gasteiger partial charge in [0.15, 0.2) is 0 Å². The van der Waals surface area contributed by atoms with Crippen molar-refractivity contribution in [2.75, 3.05) is 6.54 Å². The molecule has 1 aromatic rings. The van der Waals surface area contributed by atoms with Crippen LogP contribution in [0.15, 0.2) is 6.20 Å². The first-order chi connectivity index (χ1) is 7.54. The van der Waals surface area contributed by atoms with Gasteiger partial charge in [0.25, 0.3) is 5.91 Å². The van der Waals surface area contributed by atoms with Crippen molar-refractivity contribution >= 4 is 5.91 Å². The molecule has 1 rings (SSSR count). The summed E-state index contributed by atoms with van der Waals surface area (Å²) in [5.74, 6) is -0.0751. The minimum Gasteiger partial charge on any atom is -0.352 e. The van der Waals surface area contributed by atoms with Crippen LogP contribution in [0, 0.1) is 6.92 Å². The van der Waals surface area contributed by atoms with Gasteiger partial charge in [0.2, 0.25) is 0 Å². The Kier molecular flexibility index (Phi) is 4.49. The molecule has 0 fully saturated rings. The molecular weight excluding hydrogens is 204 g/mol. The highest BCUT2D eigenvalue weighted by Gasteiger charge is 2.11. The first-order valence-electron chi connectivity index (χ1n) is 5.58. The third-order valence-corrected chi connectivity index (χ3v) is 2.58. The normalized spacial score (nSPS) is 12.5. The summed E-state index contributed by atoms with van der Waals surface area (Å²) in [4.78, 5) is 11.7. The molecule has 5 nitrogen and oxygen atoms in total. The maximum Gasteiger partial charge on any atom is 0.254 e. The van der Waals surface area contributed by atoms with Crippen molar-refractivity contribution in [1.29, 1.82) is 0 Å². The van der Waals surface area contributed by atoms with Crippen molar-refractivity contribution in [2.24, 2.45) is 12.8 Å². The van der Waals surface area contributed by atoms with Crippen LogP contribution in [0.3, 0.4) is 0 Å². The van der Waals surface area contributed by atoms with Crippen molar-refractivity contribution in [1.82, 2.24) is 15.1 Å². The number of rotatable bonds is 5. The Labute approximate surface area is 96.0 Å². The van der Waals surface area contributed by atoms with Gasteiger partial charge < -0.3 is 11.1 Å². The number of hydrogen-bond acceptors (Lipinski definition) is 3. The number of carbonyl (C=O) groups is 1. The Bertz CT molecular complexity index is 359. The topological polar surface area (TPSA) is 72.9 Å². The third-order valence-electron chi connectivity index (χ3n) is 2.58. The van der Waals surface area contributed by atoms with Crippen LogP contribution in [-0.2, 0) is 7.05 Å². The molecule has 0 aliphatic rings. The predicted molar refractivity (Wildman–Crippen MR) is 63.2 cm³/mol. The first kappa shape index (κ1) is 12.7. The smallest absolute Gasteiger partial charge is 0.254 e. The van der Waals surface area contributed by atoms with Crippen LogP contribution < -0.4 is 11.1 Å². The lowest BCUT2D eigenvalue weighted by molar-refractivity contribution is 0.0952. The monoisotopic (exact) mass is 224 g/mol. The molecule has 0 aliphatic carbocycles. The SMILES string of the molecule is CCC(N)CCNC(=O)c1cn(C)nc1C. The summed E-state index contributed by atoms with van der Waals surface area (Å²) >= 11 is 0. The van der Waals surface area contributed by atoms with Gasteiger partial charge in [-0.05, 0) is 19.8 Å². The minimum absolute atomic E-state index is 0.0751. The standard InChI is InChI=1S/C11H20N4O/c1-4-9(12)5-6-13-11(16)10-7-15(3)14-8(10)2/h7,9H,4-6,12H2,1-3H3,(H,13,16). The number of carbonyl (C=O) groups excluding carboxylic acids is 1. The van der Waals surface area contributed by atoms with Gasteiger partial charge in [-0.15, -0.1) is 0 Å². The summed E-state index contributed by atoms with van der Waals surface area (Å²) < 4.78 is 1.64. The molecule has 0 aromatic carbocycles. The second kappa shape index (κ2) is 5.65. The summed E-state index contributed by atoms with van der Waals surface area (Å²) in [6, 6.07) is 0.162. The van der Waals surface area contributed by atoms with E-state index in [-0.39, 0.29) is 11.9 Å². The van der Waals surface area contributed by atoms with Gasteiger partial charge in [-0.2, -0.15) is 5.10 Å². The van der Waals surface area contributed by atoms with E-state index in [1.54, 1.807) is 17.9 Å². The lowest BCUT2D eigenvalue weighted by atomic mass is 10.1. The van der Waals surface area contributed by atoms with Crippen LogP contribution in [0.4, 0.5) is 0 Å². The number of nitrogens with two attached hydrogens (primary N) is 1. The average Bonchev–Trinajstić information content (AvgIpc) is 2.57. The molecule has 0 aliphatic heterocycles. The summed E-state index contributed by atoms with van der Waals surface area (Å²) in [7, 11) is 1.80. The highest BCUT2D eigenvalue weighted by Crippen LogP contribution is 2.04. The summed E-state index contributed by atoms with van der Waals surface area (Å²) in [6.07, 6.45) is 3.47. The molecule has 0 radical (unpaired) electrons. The molecule has 0 bridgehead atoms. The minimum atomic E-state index is -0.0751. The highest BCUT2D eigenvalue weighted by atomic mass is 16.1. The van der Waals surface area contributed by atoms with E-state index in [4.69, 9.17) is 5.73 Å². The maximum atomic E-state index is 11.7. The van der Waals surface area contributed by atoms with E-state index < -0.39 is 0 Å². The van der Waals surface area contributed by atoms with Gasteiger partial charge in [0.05, 0.1) is 11.3 Å². The molecule has 1 heterocycles. The fraction of sp³-hybridized carbons (Fsp3) is 0.636. The van der Waals surface area contributed by atoms with Gasteiger partial charge >= 0.3 is 0 Å². The van der Waals surface area contributed by atoms with Crippen molar-refractivity contribution in [3.63, 3.8) is 0 Å². The van der Waals surface area contributed by atoms with E-state index in [2.05, 4.69) is 10.4 Å². The number of hydrogen-bond donors (Lipinski definition) is 2. The number of aryl methyl sites for hydroxylation is 2. The zero-order valence-corrected chi connectivity index (χ0v) is 10.2. The van der Waals surface area contributed by atoms with Gasteiger partial charge in [-0.1, -0.05) is 6.92 Å². The average molecular weight is 224 g/mol. The molecule has 1 aromatic heterocycles. The molecule has 1 atom stereocenters. The molecule has 3 N–H and O–H groups in total. The predicted octanol–water partition coefficient (Wildman–Crippen LogP) is 0.586. The van der Waals surface area contributed by atoms with E-state index in [0.717, 1.165) is 18.5 Å². The quantitative estimate of drug-likeness (QED) is 0.768. The van der Waals surface area contributed by atoms with Gasteiger partial charge in [-0.3, -0.25) is 9.48 Å². The van der Waals surface area contributed by atoms with Gasteiger partial charge in [0.1, 0.15) is 0 Å². The molecule has 0 spiro atoms. The Hall–Kier alpha value is -1.36. The van der Waals surface area contributed by atoms with Crippen LogP contribution >= 0.6 is 0 Å². The number of nitrogens with zero attached hydrogens (tertiary/aromatic N) is 2. The Balaban J connectivity index is 2.44. The number of amides is 1. The Morgan fingerprint density at radius 2 is 2.38 bits per heavy atom. The fourth-order valence-electron chi connectivity index (χ4n) is 1.49. The van der Waals surface area contributed by atoms with E-state index >= 15 is 0 Å². The van der Waals surface area contributed by atoms with Crippen LogP contribution in [0.2, 0.25) is 0 Å².